The number of hydrogen-bond acceptors (Lipinski definition) is 2. The Kier molecular flexibility index (Phi) is 7.64. The van der Waals surface area contributed by atoms with Crippen LogP contribution in [0.3, 0.4) is 0 Å². The van der Waals surface area contributed by atoms with Crippen molar-refractivity contribution in [2.45, 2.75) is 0 Å². The molecule has 0 N–H and O–H groups in total. The van der Waals surface area contributed by atoms with Crippen LogP contribution in [-0.2, 0) is 0 Å². The predicted octanol–water partition coefficient (Wildman–Crippen LogP) is 17.3. The van der Waals surface area contributed by atoms with Crippen LogP contribution >= 0.6 is 0 Å². The SMILES string of the molecule is c1ccc(-c2cc(-c3c4ccccc4c(-c4ccc5c(c4)oc4cc6c(cc45)oc4ccc(-c5ccccc5)cc46)c4cc(-c5ccccc5)ccc34)c3ccccc3c2)cc1. The second-order valence-corrected chi connectivity index (χ2v) is 16.4. The van der Waals surface area contributed by atoms with Gasteiger partial charge in [-0.25, -0.2) is 0 Å². The first kappa shape index (κ1) is 34.6. The van der Waals surface area contributed by atoms with E-state index >= 15 is 0 Å². The Labute approximate surface area is 357 Å². The minimum Gasteiger partial charge on any atom is -0.456 e. The fraction of sp³-hybridized carbons (Fsp3) is 0. The van der Waals surface area contributed by atoms with E-state index in [0.29, 0.717) is 0 Å². The van der Waals surface area contributed by atoms with Gasteiger partial charge in [0.05, 0.1) is 0 Å². The summed E-state index contributed by atoms with van der Waals surface area (Å²) in [5.74, 6) is 0. The zero-order valence-corrected chi connectivity index (χ0v) is 33.6. The quantitative estimate of drug-likeness (QED) is 0.162. The third-order valence-corrected chi connectivity index (χ3v) is 12.8. The molecule has 0 saturated carbocycles. The van der Waals surface area contributed by atoms with Crippen LogP contribution in [0.2, 0.25) is 0 Å². The molecule has 2 aromatic heterocycles. The van der Waals surface area contributed by atoms with E-state index in [1.807, 2.05) is 0 Å². The summed E-state index contributed by atoms with van der Waals surface area (Å²) in [6.07, 6.45) is 0. The third kappa shape index (κ3) is 5.44. The van der Waals surface area contributed by atoms with Crippen LogP contribution in [0.4, 0.5) is 0 Å². The molecule has 2 heteroatoms. The summed E-state index contributed by atoms with van der Waals surface area (Å²) >= 11 is 0. The molecule has 0 aliphatic carbocycles. The van der Waals surface area contributed by atoms with Gasteiger partial charge in [0.1, 0.15) is 22.3 Å². The second-order valence-electron chi connectivity index (χ2n) is 16.4. The van der Waals surface area contributed by atoms with Crippen molar-refractivity contribution in [3.05, 3.63) is 218 Å². The van der Waals surface area contributed by atoms with Crippen LogP contribution in [0.15, 0.2) is 227 Å². The van der Waals surface area contributed by atoms with Crippen molar-refractivity contribution in [2.75, 3.05) is 0 Å². The van der Waals surface area contributed by atoms with Crippen LogP contribution in [-0.4, -0.2) is 0 Å². The van der Waals surface area contributed by atoms with E-state index < -0.39 is 0 Å². The summed E-state index contributed by atoms with van der Waals surface area (Å²) in [6.45, 7) is 0. The zero-order chi connectivity index (χ0) is 40.7. The Morgan fingerprint density at radius 3 is 1.37 bits per heavy atom. The van der Waals surface area contributed by atoms with Crippen LogP contribution in [0, 0.1) is 0 Å². The fourth-order valence-corrected chi connectivity index (χ4v) is 9.92. The maximum atomic E-state index is 6.83. The van der Waals surface area contributed by atoms with Crippen molar-refractivity contribution >= 4 is 76.2 Å². The van der Waals surface area contributed by atoms with Crippen LogP contribution in [0.1, 0.15) is 0 Å². The predicted molar refractivity (Wildman–Crippen MR) is 261 cm³/mol. The second kappa shape index (κ2) is 13.7. The Balaban J connectivity index is 1.06. The molecular weight excluding hydrogens is 753 g/mol. The molecule has 0 atom stereocenters. The highest BCUT2D eigenvalue weighted by Crippen LogP contribution is 2.48. The van der Waals surface area contributed by atoms with Gasteiger partial charge in [-0.2, -0.15) is 0 Å². The van der Waals surface area contributed by atoms with Crippen molar-refractivity contribution in [3.63, 3.8) is 0 Å². The molecule has 0 saturated heterocycles. The van der Waals surface area contributed by atoms with Gasteiger partial charge in [-0.05, 0) is 143 Å². The Morgan fingerprint density at radius 2 is 0.677 bits per heavy atom. The smallest absolute Gasteiger partial charge is 0.136 e. The summed E-state index contributed by atoms with van der Waals surface area (Å²) in [7, 11) is 0. The molecule has 2 heterocycles. The average molecular weight is 789 g/mol. The Hall–Kier alpha value is -8.20. The molecule has 2 nitrogen and oxygen atoms in total. The lowest BCUT2D eigenvalue weighted by atomic mass is 9.83. The van der Waals surface area contributed by atoms with Crippen molar-refractivity contribution in [2.24, 2.45) is 0 Å². The third-order valence-electron chi connectivity index (χ3n) is 12.8. The van der Waals surface area contributed by atoms with Gasteiger partial charge in [0, 0.05) is 21.5 Å². The standard InChI is InChI=1S/C60H36O2/c1-4-14-37(15-5-1)40-24-28-49-54(32-40)59(47-22-12-13-23-48(47)60(49)53-33-44(39-18-8-3-9-19-39)30-42-20-10-11-21-45(42)53)43-25-27-46-51-35-58-52(36-57(51)62-56(46)34-43)50-31-41(26-29-55(50)61-58)38-16-6-2-7-17-38/h1-36H. The van der Waals surface area contributed by atoms with Crippen LogP contribution in [0.5, 0.6) is 0 Å². The molecule has 13 rings (SSSR count). The molecule has 0 amide bonds. The monoisotopic (exact) mass is 788 g/mol. The first-order valence-electron chi connectivity index (χ1n) is 21.2. The molecular formula is C60H36O2. The van der Waals surface area contributed by atoms with E-state index in [-0.39, 0.29) is 0 Å². The van der Waals surface area contributed by atoms with Crippen LogP contribution in [0.25, 0.3) is 132 Å². The highest BCUT2D eigenvalue weighted by atomic mass is 16.3. The molecule has 0 aliphatic heterocycles. The molecule has 13 aromatic rings. The van der Waals surface area contributed by atoms with E-state index in [4.69, 9.17) is 8.83 Å². The van der Waals surface area contributed by atoms with Gasteiger partial charge < -0.3 is 8.83 Å². The largest absolute Gasteiger partial charge is 0.456 e. The molecule has 0 radical (unpaired) electrons. The lowest BCUT2D eigenvalue weighted by Crippen LogP contribution is -1.93. The van der Waals surface area contributed by atoms with Crippen molar-refractivity contribution in [1.29, 1.82) is 0 Å². The minimum absolute atomic E-state index is 0.846. The summed E-state index contributed by atoms with van der Waals surface area (Å²) < 4.78 is 13.3. The summed E-state index contributed by atoms with van der Waals surface area (Å²) in [6, 6.07) is 78.9. The summed E-state index contributed by atoms with van der Waals surface area (Å²) in [5, 5.41) is 11.5. The molecule has 0 aliphatic rings. The Morgan fingerprint density at radius 1 is 0.210 bits per heavy atom. The van der Waals surface area contributed by atoms with Gasteiger partial charge in [-0.15, -0.1) is 0 Å². The van der Waals surface area contributed by atoms with Gasteiger partial charge in [-0.3, -0.25) is 0 Å². The number of benzene rings is 11. The average Bonchev–Trinajstić information content (AvgIpc) is 3.89. The van der Waals surface area contributed by atoms with Crippen LogP contribution < -0.4 is 0 Å². The summed E-state index contributed by atoms with van der Waals surface area (Å²) in [4.78, 5) is 0. The normalized spacial score (nSPS) is 11.9. The maximum Gasteiger partial charge on any atom is 0.136 e. The molecule has 62 heavy (non-hydrogen) atoms. The van der Waals surface area contributed by atoms with E-state index in [9.17, 15) is 0 Å². The van der Waals surface area contributed by atoms with Gasteiger partial charge in [0.15, 0.2) is 0 Å². The highest BCUT2D eigenvalue weighted by molar-refractivity contribution is 6.25. The van der Waals surface area contributed by atoms with Gasteiger partial charge >= 0.3 is 0 Å². The van der Waals surface area contributed by atoms with E-state index in [2.05, 4.69) is 218 Å². The first-order chi connectivity index (χ1) is 30.7. The van der Waals surface area contributed by atoms with Gasteiger partial charge in [0.2, 0.25) is 0 Å². The topological polar surface area (TPSA) is 26.3 Å². The highest BCUT2D eigenvalue weighted by Gasteiger charge is 2.21. The number of hydrogen-bond donors (Lipinski definition) is 0. The molecule has 0 bridgehead atoms. The maximum absolute atomic E-state index is 6.83. The van der Waals surface area contributed by atoms with Crippen molar-refractivity contribution in [1.82, 2.24) is 0 Å². The molecule has 0 unspecified atom stereocenters. The number of fused-ring (bicyclic) bond motifs is 9. The lowest BCUT2D eigenvalue weighted by Gasteiger charge is -2.20. The van der Waals surface area contributed by atoms with E-state index in [1.54, 1.807) is 0 Å². The number of rotatable bonds is 5. The minimum atomic E-state index is 0.846. The van der Waals surface area contributed by atoms with E-state index in [0.717, 1.165) is 55.0 Å². The zero-order valence-electron chi connectivity index (χ0n) is 33.6. The first-order valence-corrected chi connectivity index (χ1v) is 21.2. The Bertz CT molecular complexity index is 3890. The fourth-order valence-electron chi connectivity index (χ4n) is 9.92. The molecule has 288 valence electrons. The number of furan rings is 2. The van der Waals surface area contributed by atoms with Crippen molar-refractivity contribution in [3.8, 4) is 55.6 Å². The van der Waals surface area contributed by atoms with Gasteiger partial charge in [0.25, 0.3) is 0 Å². The molecule has 0 fully saturated rings. The molecule has 0 spiro atoms. The van der Waals surface area contributed by atoms with Gasteiger partial charge in [-0.1, -0.05) is 164 Å². The lowest BCUT2D eigenvalue weighted by molar-refractivity contribution is 0.664. The van der Waals surface area contributed by atoms with E-state index in [1.165, 1.54) is 76.8 Å². The summed E-state index contributed by atoms with van der Waals surface area (Å²) in [5.41, 5.74) is 15.3. The molecule has 11 aromatic carbocycles. The van der Waals surface area contributed by atoms with Crippen molar-refractivity contribution < 1.29 is 8.83 Å².